The highest BCUT2D eigenvalue weighted by atomic mass is 16.8. The van der Waals surface area contributed by atoms with Crippen molar-refractivity contribution in [2.24, 2.45) is 10.9 Å². The standard InChI is InChI=1S/C5H9N3O2/c1-3-5(4(9)2-6)8-10-7-3/h3,7H,2,6H2,1H3. The first-order valence-corrected chi connectivity index (χ1v) is 2.98. The molecule has 0 saturated heterocycles. The van der Waals surface area contributed by atoms with E-state index in [0.29, 0.717) is 5.71 Å². The van der Waals surface area contributed by atoms with Gasteiger partial charge in [-0.2, -0.15) is 0 Å². The Morgan fingerprint density at radius 3 is 3.10 bits per heavy atom. The van der Waals surface area contributed by atoms with Gasteiger partial charge in [-0.15, -0.1) is 5.48 Å². The van der Waals surface area contributed by atoms with Gasteiger partial charge in [0, 0.05) is 0 Å². The summed E-state index contributed by atoms with van der Waals surface area (Å²) < 4.78 is 0. The topological polar surface area (TPSA) is 76.7 Å². The van der Waals surface area contributed by atoms with Crippen molar-refractivity contribution in [3.05, 3.63) is 0 Å². The number of hydrogen-bond acceptors (Lipinski definition) is 5. The molecule has 3 N–H and O–H groups in total. The third-order valence-electron chi connectivity index (χ3n) is 1.25. The predicted octanol–water partition coefficient (Wildman–Crippen LogP) is -1.21. The summed E-state index contributed by atoms with van der Waals surface area (Å²) in [5.41, 5.74) is 7.97. The number of nitrogens with zero attached hydrogens (tertiary/aromatic N) is 1. The minimum atomic E-state index is -0.183. The summed E-state index contributed by atoms with van der Waals surface area (Å²) in [5, 5.41) is 3.46. The smallest absolute Gasteiger partial charge is 0.195 e. The molecule has 1 heterocycles. The molecule has 10 heavy (non-hydrogen) atoms. The van der Waals surface area contributed by atoms with Crippen LogP contribution in [-0.2, 0) is 9.73 Å². The highest BCUT2D eigenvalue weighted by molar-refractivity contribution is 6.42. The molecule has 1 aliphatic rings. The van der Waals surface area contributed by atoms with Crippen molar-refractivity contribution < 1.29 is 9.73 Å². The molecule has 0 aromatic rings. The van der Waals surface area contributed by atoms with Crippen LogP contribution in [0.3, 0.4) is 0 Å². The van der Waals surface area contributed by atoms with Gasteiger partial charge < -0.3 is 5.73 Å². The SMILES string of the molecule is CC1NON=C1C(=O)CN. The first-order chi connectivity index (χ1) is 4.75. The molecule has 5 nitrogen and oxygen atoms in total. The second kappa shape index (κ2) is 2.76. The third kappa shape index (κ3) is 1.14. The van der Waals surface area contributed by atoms with Crippen molar-refractivity contribution in [2.45, 2.75) is 13.0 Å². The fourth-order valence-electron chi connectivity index (χ4n) is 0.686. The number of hydroxylamine groups is 1. The molecule has 0 spiro atoms. The van der Waals surface area contributed by atoms with Crippen LogP contribution >= 0.6 is 0 Å². The monoisotopic (exact) mass is 143 g/mol. The van der Waals surface area contributed by atoms with Gasteiger partial charge >= 0.3 is 0 Å². The Hall–Kier alpha value is -0.940. The molecule has 0 fully saturated rings. The molecule has 0 aromatic carbocycles. The Labute approximate surface area is 58.2 Å². The van der Waals surface area contributed by atoms with Crippen LogP contribution in [0.25, 0.3) is 0 Å². The molecule has 5 heteroatoms. The van der Waals surface area contributed by atoms with Gasteiger partial charge in [-0.3, -0.25) is 9.73 Å². The van der Waals surface area contributed by atoms with Crippen LogP contribution in [-0.4, -0.2) is 24.1 Å². The lowest BCUT2D eigenvalue weighted by atomic mass is 10.1. The summed E-state index contributed by atoms with van der Waals surface area (Å²) in [7, 11) is 0. The fraction of sp³-hybridized carbons (Fsp3) is 0.600. The van der Waals surface area contributed by atoms with Gasteiger partial charge in [0.2, 0.25) is 0 Å². The quantitative estimate of drug-likeness (QED) is 0.508. The van der Waals surface area contributed by atoms with Crippen LogP contribution in [0.4, 0.5) is 0 Å². The number of carbonyl (C=O) groups is 1. The first kappa shape index (κ1) is 7.17. The van der Waals surface area contributed by atoms with Gasteiger partial charge in [0.1, 0.15) is 5.71 Å². The van der Waals surface area contributed by atoms with E-state index in [-0.39, 0.29) is 18.4 Å². The van der Waals surface area contributed by atoms with Gasteiger partial charge in [-0.05, 0) is 6.92 Å². The maximum Gasteiger partial charge on any atom is 0.195 e. The summed E-state index contributed by atoms with van der Waals surface area (Å²) in [6, 6.07) is -0.143. The van der Waals surface area contributed by atoms with E-state index in [1.54, 1.807) is 6.92 Å². The van der Waals surface area contributed by atoms with Gasteiger partial charge in [0.05, 0.1) is 12.6 Å². The Bertz CT molecular complexity index is 178. The van der Waals surface area contributed by atoms with Crippen molar-refractivity contribution in [3.8, 4) is 0 Å². The lowest BCUT2D eigenvalue weighted by Crippen LogP contribution is -2.34. The van der Waals surface area contributed by atoms with E-state index < -0.39 is 0 Å². The average molecular weight is 143 g/mol. The number of carbonyl (C=O) groups excluding carboxylic acids is 1. The van der Waals surface area contributed by atoms with Crippen molar-refractivity contribution in [3.63, 3.8) is 0 Å². The van der Waals surface area contributed by atoms with Gasteiger partial charge in [0.15, 0.2) is 5.78 Å². The molecule has 0 amide bonds. The van der Waals surface area contributed by atoms with Gasteiger partial charge in [-0.25, -0.2) is 0 Å². The molecule has 0 aliphatic carbocycles. The Kier molecular flexibility index (Phi) is 1.98. The Balaban J connectivity index is 2.63. The normalized spacial score (nSPS) is 23.8. The molecule has 56 valence electrons. The van der Waals surface area contributed by atoms with E-state index in [9.17, 15) is 4.79 Å². The Morgan fingerprint density at radius 1 is 2.00 bits per heavy atom. The zero-order valence-corrected chi connectivity index (χ0v) is 5.63. The molecule has 1 unspecified atom stereocenters. The van der Waals surface area contributed by atoms with Crippen LogP contribution in [0.5, 0.6) is 0 Å². The van der Waals surface area contributed by atoms with E-state index >= 15 is 0 Å². The average Bonchev–Trinajstić information content (AvgIpc) is 2.34. The van der Waals surface area contributed by atoms with E-state index in [1.807, 2.05) is 0 Å². The number of oxime groups is 1. The van der Waals surface area contributed by atoms with Crippen molar-refractivity contribution in [2.75, 3.05) is 6.54 Å². The van der Waals surface area contributed by atoms with Gasteiger partial charge in [-0.1, -0.05) is 5.16 Å². The second-order valence-electron chi connectivity index (χ2n) is 2.03. The molecule has 1 aliphatic heterocycles. The minimum Gasteiger partial charge on any atom is -0.324 e. The van der Waals surface area contributed by atoms with Crippen LogP contribution in [0.2, 0.25) is 0 Å². The van der Waals surface area contributed by atoms with Crippen LogP contribution in [0, 0.1) is 0 Å². The highest BCUT2D eigenvalue weighted by Crippen LogP contribution is 1.97. The number of Topliss-reactive ketones (excluding diaryl/α,β-unsaturated/α-hetero) is 1. The Morgan fingerprint density at radius 2 is 2.70 bits per heavy atom. The largest absolute Gasteiger partial charge is 0.324 e. The lowest BCUT2D eigenvalue weighted by Gasteiger charge is -1.99. The first-order valence-electron chi connectivity index (χ1n) is 2.98. The fourth-order valence-corrected chi connectivity index (χ4v) is 0.686. The maximum absolute atomic E-state index is 10.8. The molecule has 0 bridgehead atoms. The lowest BCUT2D eigenvalue weighted by molar-refractivity contribution is -0.111. The molecule has 0 aromatic heterocycles. The summed E-state index contributed by atoms with van der Waals surface area (Å²) >= 11 is 0. The number of nitrogens with two attached hydrogens (primary N) is 1. The predicted molar refractivity (Wildman–Crippen MR) is 35.2 cm³/mol. The van der Waals surface area contributed by atoms with Crippen molar-refractivity contribution >= 4 is 11.5 Å². The van der Waals surface area contributed by atoms with E-state index in [4.69, 9.17) is 5.73 Å². The second-order valence-corrected chi connectivity index (χ2v) is 2.03. The van der Waals surface area contributed by atoms with E-state index in [1.165, 1.54) is 0 Å². The molecule has 1 atom stereocenters. The minimum absolute atomic E-state index is 0.0196. The van der Waals surface area contributed by atoms with Crippen LogP contribution in [0.15, 0.2) is 5.16 Å². The van der Waals surface area contributed by atoms with Crippen molar-refractivity contribution in [1.82, 2.24) is 5.48 Å². The molecular weight excluding hydrogens is 134 g/mol. The summed E-state index contributed by atoms with van der Waals surface area (Å²) in [6.45, 7) is 1.76. The van der Waals surface area contributed by atoms with E-state index in [2.05, 4.69) is 15.6 Å². The summed E-state index contributed by atoms with van der Waals surface area (Å²) in [6.07, 6.45) is 0. The van der Waals surface area contributed by atoms with Crippen LogP contribution in [0.1, 0.15) is 6.92 Å². The molecule has 1 rings (SSSR count). The number of ketones is 1. The number of rotatable bonds is 2. The zero-order valence-electron chi connectivity index (χ0n) is 5.63. The highest BCUT2D eigenvalue weighted by Gasteiger charge is 2.23. The molecular formula is C5H9N3O2. The maximum atomic E-state index is 10.8. The molecule has 0 saturated carbocycles. The number of nitrogens with one attached hydrogen (secondary N) is 1. The van der Waals surface area contributed by atoms with Gasteiger partial charge in [0.25, 0.3) is 0 Å². The number of hydrogen-bond donors (Lipinski definition) is 2. The van der Waals surface area contributed by atoms with Crippen LogP contribution < -0.4 is 11.2 Å². The summed E-state index contributed by atoms with van der Waals surface area (Å²) in [4.78, 5) is 15.3. The zero-order chi connectivity index (χ0) is 7.56. The summed E-state index contributed by atoms with van der Waals surface area (Å²) in [5.74, 6) is -0.183. The van der Waals surface area contributed by atoms with E-state index in [0.717, 1.165) is 0 Å². The molecule has 0 radical (unpaired) electrons. The van der Waals surface area contributed by atoms with Crippen molar-refractivity contribution in [1.29, 1.82) is 0 Å². The third-order valence-corrected chi connectivity index (χ3v) is 1.25.